The molecule has 1 aromatic carbocycles. The standard InChI is InChI=1S/C26H36N8O.2ClH/c27-18-5-7-20(8-6-18)30-26-31-24(23-25(32-26)34(17-28-23)22-3-1-2-4-22)29-19-9-11-21(12-10-19)33-13-15-35-16-14-33;;/h9-12,17-18,20,22H,1-8,13-16,27H2,(H2,29,30,31,32);2*1H/t18-,20-;;. The molecule has 0 bridgehead atoms. The lowest BCUT2D eigenvalue weighted by atomic mass is 9.92. The maximum atomic E-state index is 6.12. The SMILES string of the molecule is Cl.Cl.N[C@H]1CC[C@H](Nc2nc(Nc3ccc(N4CCOCC4)cc3)c3ncn(C4CCCC4)c3n2)CC1. The van der Waals surface area contributed by atoms with Gasteiger partial charge in [-0.05, 0) is 62.8 Å². The molecule has 2 aliphatic carbocycles. The molecule has 37 heavy (non-hydrogen) atoms. The third-order valence-electron chi connectivity index (χ3n) is 7.75. The Kier molecular flexibility index (Phi) is 9.34. The number of hydrogen-bond acceptors (Lipinski definition) is 8. The van der Waals surface area contributed by atoms with Gasteiger partial charge in [-0.15, -0.1) is 24.8 Å². The van der Waals surface area contributed by atoms with Gasteiger partial charge in [-0.25, -0.2) is 4.98 Å². The summed E-state index contributed by atoms with van der Waals surface area (Å²) < 4.78 is 7.75. The Balaban J connectivity index is 0.00000160. The van der Waals surface area contributed by atoms with Crippen molar-refractivity contribution >= 4 is 59.1 Å². The summed E-state index contributed by atoms with van der Waals surface area (Å²) in [5, 5.41) is 7.14. The molecular formula is C26H38Cl2N8O. The van der Waals surface area contributed by atoms with Gasteiger partial charge in [0, 0.05) is 42.6 Å². The van der Waals surface area contributed by atoms with Crippen LogP contribution in [0.2, 0.25) is 0 Å². The molecule has 3 aliphatic rings. The average Bonchev–Trinajstić information content (AvgIpc) is 3.57. The number of nitrogens with zero attached hydrogens (tertiary/aromatic N) is 5. The van der Waals surface area contributed by atoms with E-state index < -0.39 is 0 Å². The van der Waals surface area contributed by atoms with Crippen LogP contribution in [0.5, 0.6) is 0 Å². The van der Waals surface area contributed by atoms with Crippen LogP contribution in [0.3, 0.4) is 0 Å². The fourth-order valence-corrected chi connectivity index (χ4v) is 5.68. The van der Waals surface area contributed by atoms with Crippen LogP contribution in [-0.2, 0) is 4.74 Å². The molecule has 4 N–H and O–H groups in total. The molecule has 0 radical (unpaired) electrons. The lowest BCUT2D eigenvalue weighted by Gasteiger charge is -2.29. The number of morpholine rings is 1. The summed E-state index contributed by atoms with van der Waals surface area (Å²) in [7, 11) is 0. The number of benzene rings is 1. The van der Waals surface area contributed by atoms with E-state index in [-0.39, 0.29) is 24.8 Å². The quantitative estimate of drug-likeness (QED) is 0.393. The Labute approximate surface area is 230 Å². The van der Waals surface area contributed by atoms with E-state index in [0.29, 0.717) is 24.1 Å². The number of ether oxygens (including phenoxy) is 1. The van der Waals surface area contributed by atoms with Crippen molar-refractivity contribution < 1.29 is 4.74 Å². The van der Waals surface area contributed by atoms with Gasteiger partial charge in [0.1, 0.15) is 0 Å². The van der Waals surface area contributed by atoms with Crippen LogP contribution in [0.25, 0.3) is 11.2 Å². The summed E-state index contributed by atoms with van der Waals surface area (Å²) in [6.07, 6.45) is 11.0. The molecule has 3 aromatic rings. The fourth-order valence-electron chi connectivity index (χ4n) is 5.68. The molecular weight excluding hydrogens is 511 g/mol. The Bertz CT molecular complexity index is 1140. The van der Waals surface area contributed by atoms with E-state index >= 15 is 0 Å². The van der Waals surface area contributed by atoms with Crippen molar-refractivity contribution in [3.05, 3.63) is 30.6 Å². The van der Waals surface area contributed by atoms with Crippen molar-refractivity contribution in [2.45, 2.75) is 69.5 Å². The highest BCUT2D eigenvalue weighted by Crippen LogP contribution is 2.34. The van der Waals surface area contributed by atoms with E-state index in [2.05, 4.69) is 44.4 Å². The lowest BCUT2D eigenvalue weighted by Crippen LogP contribution is -2.36. The van der Waals surface area contributed by atoms with Crippen LogP contribution in [-0.4, -0.2) is 57.9 Å². The number of anilines is 4. The van der Waals surface area contributed by atoms with Gasteiger partial charge in [-0.3, -0.25) is 0 Å². The third kappa shape index (κ3) is 6.22. The molecule has 3 heterocycles. The second kappa shape index (κ2) is 12.5. The number of nitrogens with two attached hydrogens (primary N) is 1. The summed E-state index contributed by atoms with van der Waals surface area (Å²) in [6.45, 7) is 3.43. The lowest BCUT2D eigenvalue weighted by molar-refractivity contribution is 0.122. The molecule has 0 amide bonds. The highest BCUT2D eigenvalue weighted by atomic mass is 35.5. The molecule has 202 valence electrons. The summed E-state index contributed by atoms with van der Waals surface area (Å²) in [6, 6.07) is 9.69. The van der Waals surface area contributed by atoms with Crippen molar-refractivity contribution in [1.29, 1.82) is 0 Å². The van der Waals surface area contributed by atoms with Gasteiger partial charge in [0.05, 0.1) is 19.5 Å². The summed E-state index contributed by atoms with van der Waals surface area (Å²) in [5.41, 5.74) is 10.1. The molecule has 1 aliphatic heterocycles. The first-order valence-electron chi connectivity index (χ1n) is 13.2. The normalized spacial score (nSPS) is 22.4. The number of imidazole rings is 1. The van der Waals surface area contributed by atoms with Crippen molar-refractivity contribution in [3.63, 3.8) is 0 Å². The zero-order chi connectivity index (χ0) is 23.6. The van der Waals surface area contributed by atoms with E-state index in [9.17, 15) is 0 Å². The minimum Gasteiger partial charge on any atom is -0.378 e. The van der Waals surface area contributed by atoms with Gasteiger partial charge in [0.15, 0.2) is 17.0 Å². The Morgan fingerprint density at radius 1 is 0.892 bits per heavy atom. The van der Waals surface area contributed by atoms with Crippen LogP contribution in [0, 0.1) is 0 Å². The molecule has 0 unspecified atom stereocenters. The van der Waals surface area contributed by atoms with Crippen molar-refractivity contribution in [2.75, 3.05) is 41.8 Å². The van der Waals surface area contributed by atoms with E-state index in [1.807, 2.05) is 6.33 Å². The maximum Gasteiger partial charge on any atom is 0.227 e. The van der Waals surface area contributed by atoms with E-state index in [1.54, 1.807) is 0 Å². The minimum atomic E-state index is 0. The number of aromatic nitrogens is 4. The third-order valence-corrected chi connectivity index (χ3v) is 7.75. The van der Waals surface area contributed by atoms with Gasteiger partial charge in [-0.2, -0.15) is 9.97 Å². The number of rotatable bonds is 6. The molecule has 2 saturated carbocycles. The van der Waals surface area contributed by atoms with Crippen LogP contribution < -0.4 is 21.3 Å². The number of nitrogens with one attached hydrogen (secondary N) is 2. The Morgan fingerprint density at radius 3 is 2.30 bits per heavy atom. The average molecular weight is 550 g/mol. The first-order valence-corrected chi connectivity index (χ1v) is 13.2. The second-order valence-corrected chi connectivity index (χ2v) is 10.2. The zero-order valence-corrected chi connectivity index (χ0v) is 22.8. The van der Waals surface area contributed by atoms with Gasteiger partial charge in [-0.1, -0.05) is 12.8 Å². The molecule has 6 rings (SSSR count). The van der Waals surface area contributed by atoms with E-state index in [4.69, 9.17) is 25.4 Å². The van der Waals surface area contributed by atoms with E-state index in [1.165, 1.54) is 31.4 Å². The predicted octanol–water partition coefficient (Wildman–Crippen LogP) is 5.05. The Hall–Kier alpha value is -2.33. The van der Waals surface area contributed by atoms with Crippen LogP contribution in [0.4, 0.5) is 23.1 Å². The van der Waals surface area contributed by atoms with Crippen molar-refractivity contribution in [1.82, 2.24) is 19.5 Å². The van der Waals surface area contributed by atoms with Crippen molar-refractivity contribution in [3.8, 4) is 0 Å². The number of halogens is 2. The van der Waals surface area contributed by atoms with Gasteiger partial charge in [0.2, 0.25) is 5.95 Å². The molecule has 9 nitrogen and oxygen atoms in total. The summed E-state index contributed by atoms with van der Waals surface area (Å²) in [5.74, 6) is 1.42. The van der Waals surface area contributed by atoms with Gasteiger partial charge >= 0.3 is 0 Å². The summed E-state index contributed by atoms with van der Waals surface area (Å²) in [4.78, 5) is 17.0. The topological polar surface area (TPSA) is 106 Å². The minimum absolute atomic E-state index is 0. The molecule has 2 aromatic heterocycles. The first kappa shape index (κ1) is 27.7. The van der Waals surface area contributed by atoms with Crippen LogP contribution >= 0.6 is 24.8 Å². The van der Waals surface area contributed by atoms with Crippen LogP contribution in [0.1, 0.15) is 57.4 Å². The highest BCUT2D eigenvalue weighted by molar-refractivity contribution is 5.87. The first-order chi connectivity index (χ1) is 17.2. The van der Waals surface area contributed by atoms with Crippen molar-refractivity contribution in [2.24, 2.45) is 5.73 Å². The van der Waals surface area contributed by atoms with E-state index in [0.717, 1.165) is 74.7 Å². The predicted molar refractivity (Wildman–Crippen MR) is 154 cm³/mol. The molecule has 0 atom stereocenters. The second-order valence-electron chi connectivity index (χ2n) is 10.2. The smallest absolute Gasteiger partial charge is 0.227 e. The molecule has 1 saturated heterocycles. The van der Waals surface area contributed by atoms with Crippen LogP contribution in [0.15, 0.2) is 30.6 Å². The van der Waals surface area contributed by atoms with Gasteiger partial charge in [0.25, 0.3) is 0 Å². The number of hydrogen-bond donors (Lipinski definition) is 3. The monoisotopic (exact) mass is 548 g/mol. The largest absolute Gasteiger partial charge is 0.378 e. The molecule has 3 fully saturated rings. The maximum absolute atomic E-state index is 6.12. The number of fused-ring (bicyclic) bond motifs is 1. The zero-order valence-electron chi connectivity index (χ0n) is 21.1. The highest BCUT2D eigenvalue weighted by Gasteiger charge is 2.24. The molecule has 0 spiro atoms. The molecule has 11 heteroatoms. The van der Waals surface area contributed by atoms with Gasteiger partial charge < -0.3 is 30.6 Å². The Morgan fingerprint density at radius 2 is 1.59 bits per heavy atom. The summed E-state index contributed by atoms with van der Waals surface area (Å²) >= 11 is 0. The fraction of sp³-hybridized carbons (Fsp3) is 0.577.